The molecule has 0 spiro atoms. The number of nitrogens with zero attached hydrogens (tertiary/aromatic N) is 2. The Morgan fingerprint density at radius 2 is 1.74 bits per heavy atom. The topological polar surface area (TPSA) is 95.2 Å². The molecule has 39 heavy (non-hydrogen) atoms. The first kappa shape index (κ1) is 29.1. The Balaban J connectivity index is 1.53. The molecule has 4 rings (SSSR count). The molecule has 0 bridgehead atoms. The fourth-order valence-corrected chi connectivity index (χ4v) is 5.78. The first-order valence-electron chi connectivity index (χ1n) is 13.4. The van der Waals surface area contributed by atoms with Crippen LogP contribution in [0.2, 0.25) is 10.0 Å². The van der Waals surface area contributed by atoms with Gasteiger partial charge in [-0.3, -0.25) is 14.3 Å². The summed E-state index contributed by atoms with van der Waals surface area (Å²) in [5.41, 5.74) is 2.86. The van der Waals surface area contributed by atoms with Crippen molar-refractivity contribution in [3.63, 3.8) is 0 Å². The van der Waals surface area contributed by atoms with Gasteiger partial charge < -0.3 is 20.1 Å². The number of aryl methyl sites for hydroxylation is 1. The Kier molecular flexibility index (Phi) is 10.1. The SMILES string of the molecule is Cc1cc(CN(CC2CCCCC2)C(CC(=O)O)c2ccc(Cl)c(Cl)c2)ccc1OCCn1c(O)ccc1O. The van der Waals surface area contributed by atoms with Gasteiger partial charge in [-0.05, 0) is 60.6 Å². The van der Waals surface area contributed by atoms with Crippen molar-refractivity contribution in [3.8, 4) is 17.5 Å². The average molecular weight is 576 g/mol. The Bertz CT molecular complexity index is 1250. The lowest BCUT2D eigenvalue weighted by Gasteiger charge is -2.36. The van der Waals surface area contributed by atoms with Crippen LogP contribution in [0.15, 0.2) is 48.5 Å². The molecule has 1 aliphatic rings. The fourth-order valence-electron chi connectivity index (χ4n) is 5.47. The molecule has 0 radical (unpaired) electrons. The predicted octanol–water partition coefficient (Wildman–Crippen LogP) is 7.19. The first-order valence-corrected chi connectivity index (χ1v) is 14.2. The monoisotopic (exact) mass is 574 g/mol. The predicted molar refractivity (Wildman–Crippen MR) is 153 cm³/mol. The van der Waals surface area contributed by atoms with Crippen LogP contribution < -0.4 is 4.74 Å². The number of aliphatic carboxylic acids is 1. The number of carboxylic acid groups (broad SMARTS) is 1. The molecule has 1 saturated carbocycles. The number of rotatable bonds is 12. The van der Waals surface area contributed by atoms with Crippen molar-refractivity contribution < 1.29 is 24.9 Å². The van der Waals surface area contributed by atoms with Crippen molar-refractivity contribution in [1.82, 2.24) is 9.47 Å². The number of aromatic hydroxyl groups is 2. The molecule has 2 aromatic carbocycles. The van der Waals surface area contributed by atoms with Crippen molar-refractivity contribution in [2.75, 3.05) is 13.2 Å². The van der Waals surface area contributed by atoms with E-state index in [4.69, 9.17) is 27.9 Å². The second-order valence-corrected chi connectivity index (χ2v) is 11.2. The summed E-state index contributed by atoms with van der Waals surface area (Å²) in [6, 6.07) is 13.9. The van der Waals surface area contributed by atoms with E-state index >= 15 is 0 Å². The van der Waals surface area contributed by atoms with Gasteiger partial charge in [0.15, 0.2) is 11.8 Å². The standard InChI is InChI=1S/C30H36Cl2N2O5/c1-20-15-22(7-10-27(20)39-14-13-34-28(35)11-12-29(34)36)19-33(18-21-5-3-2-4-6-21)26(17-30(37)38)23-8-9-24(31)25(32)16-23/h7-12,15-16,21,26,35-36H,2-6,13-14,17-19H2,1H3,(H,37,38). The summed E-state index contributed by atoms with van der Waals surface area (Å²) in [6.45, 7) is 3.95. The number of ether oxygens (including phenoxy) is 1. The normalized spacial score (nSPS) is 15.0. The zero-order chi connectivity index (χ0) is 27.9. The number of benzene rings is 2. The van der Waals surface area contributed by atoms with Gasteiger partial charge in [-0.15, -0.1) is 0 Å². The minimum atomic E-state index is -0.862. The quantitative estimate of drug-likeness (QED) is 0.212. The zero-order valence-corrected chi connectivity index (χ0v) is 23.7. The van der Waals surface area contributed by atoms with Crippen LogP contribution in [0.1, 0.15) is 61.3 Å². The molecular formula is C30H36Cl2N2O5. The van der Waals surface area contributed by atoms with E-state index in [0.717, 1.165) is 41.8 Å². The Labute approximate surface area is 239 Å². The molecule has 3 N–H and O–H groups in total. The van der Waals surface area contributed by atoms with Crippen LogP contribution in [0.5, 0.6) is 17.5 Å². The van der Waals surface area contributed by atoms with E-state index in [1.807, 2.05) is 25.1 Å². The molecule has 0 amide bonds. The third-order valence-corrected chi connectivity index (χ3v) is 8.23. The maximum Gasteiger partial charge on any atom is 0.305 e. The minimum Gasteiger partial charge on any atom is -0.494 e. The number of hydrogen-bond acceptors (Lipinski definition) is 5. The molecule has 0 saturated heterocycles. The Morgan fingerprint density at radius 1 is 1.03 bits per heavy atom. The molecule has 1 atom stereocenters. The molecule has 9 heteroatoms. The van der Waals surface area contributed by atoms with Gasteiger partial charge in [0.25, 0.3) is 0 Å². The highest BCUT2D eigenvalue weighted by Gasteiger charge is 2.27. The lowest BCUT2D eigenvalue weighted by atomic mass is 9.88. The van der Waals surface area contributed by atoms with Gasteiger partial charge in [0.2, 0.25) is 0 Å². The van der Waals surface area contributed by atoms with Crippen molar-refractivity contribution in [1.29, 1.82) is 0 Å². The van der Waals surface area contributed by atoms with Gasteiger partial charge in [-0.1, -0.05) is 60.7 Å². The third-order valence-electron chi connectivity index (χ3n) is 7.49. The van der Waals surface area contributed by atoms with Crippen LogP contribution >= 0.6 is 23.2 Å². The molecule has 3 aromatic rings. The van der Waals surface area contributed by atoms with E-state index in [1.54, 1.807) is 12.1 Å². The van der Waals surface area contributed by atoms with Crippen molar-refractivity contribution in [2.45, 2.75) is 64.6 Å². The summed E-state index contributed by atoms with van der Waals surface area (Å²) < 4.78 is 7.31. The number of carbonyl (C=O) groups is 1. The Morgan fingerprint density at radius 3 is 2.38 bits per heavy atom. The summed E-state index contributed by atoms with van der Waals surface area (Å²) in [7, 11) is 0. The second kappa shape index (κ2) is 13.5. The van der Waals surface area contributed by atoms with Crippen LogP contribution in [0.3, 0.4) is 0 Å². The van der Waals surface area contributed by atoms with E-state index in [-0.39, 0.29) is 30.8 Å². The molecule has 1 heterocycles. The molecule has 1 aromatic heterocycles. The fraction of sp³-hybridized carbons (Fsp3) is 0.433. The molecule has 1 unspecified atom stereocenters. The highest BCUT2D eigenvalue weighted by atomic mass is 35.5. The molecule has 210 valence electrons. The average Bonchev–Trinajstić information content (AvgIpc) is 3.22. The Hall–Kier alpha value is -2.87. The lowest BCUT2D eigenvalue weighted by Crippen LogP contribution is -2.35. The zero-order valence-electron chi connectivity index (χ0n) is 22.2. The van der Waals surface area contributed by atoms with Crippen LogP contribution in [0.25, 0.3) is 0 Å². The van der Waals surface area contributed by atoms with Crippen molar-refractivity contribution in [3.05, 3.63) is 75.3 Å². The number of carboxylic acids is 1. The largest absolute Gasteiger partial charge is 0.494 e. The molecule has 1 fully saturated rings. The number of hydrogen-bond donors (Lipinski definition) is 3. The summed E-state index contributed by atoms with van der Waals surface area (Å²) >= 11 is 12.5. The van der Waals surface area contributed by atoms with Gasteiger partial charge in [0.05, 0.1) is 23.0 Å². The van der Waals surface area contributed by atoms with E-state index < -0.39 is 5.97 Å². The van der Waals surface area contributed by atoms with E-state index in [2.05, 4.69) is 11.0 Å². The minimum absolute atomic E-state index is 0.0147. The van der Waals surface area contributed by atoms with Crippen LogP contribution in [0, 0.1) is 12.8 Å². The molecule has 0 aliphatic heterocycles. The van der Waals surface area contributed by atoms with Gasteiger partial charge in [-0.2, -0.15) is 0 Å². The molecular weight excluding hydrogens is 539 g/mol. The van der Waals surface area contributed by atoms with E-state index in [1.165, 1.54) is 36.0 Å². The van der Waals surface area contributed by atoms with Gasteiger partial charge in [-0.25, -0.2) is 0 Å². The van der Waals surface area contributed by atoms with Crippen LogP contribution in [-0.2, 0) is 17.9 Å². The van der Waals surface area contributed by atoms with Crippen LogP contribution in [0.4, 0.5) is 0 Å². The van der Waals surface area contributed by atoms with Gasteiger partial charge >= 0.3 is 5.97 Å². The molecule has 7 nitrogen and oxygen atoms in total. The summed E-state index contributed by atoms with van der Waals surface area (Å²) in [5.74, 6) is 0.343. The summed E-state index contributed by atoms with van der Waals surface area (Å²) in [6.07, 6.45) is 5.93. The second-order valence-electron chi connectivity index (χ2n) is 10.4. The molecule has 1 aliphatic carbocycles. The maximum absolute atomic E-state index is 12.0. The van der Waals surface area contributed by atoms with Crippen molar-refractivity contribution in [2.24, 2.45) is 5.92 Å². The van der Waals surface area contributed by atoms with Gasteiger partial charge in [0, 0.05) is 31.3 Å². The lowest BCUT2D eigenvalue weighted by molar-refractivity contribution is -0.138. The number of halogens is 2. The van der Waals surface area contributed by atoms with Crippen molar-refractivity contribution >= 4 is 29.2 Å². The summed E-state index contributed by atoms with van der Waals surface area (Å²) in [4.78, 5) is 14.2. The highest BCUT2D eigenvalue weighted by Crippen LogP contribution is 2.35. The van der Waals surface area contributed by atoms with Gasteiger partial charge in [0.1, 0.15) is 12.4 Å². The van der Waals surface area contributed by atoms with E-state index in [0.29, 0.717) is 29.1 Å². The maximum atomic E-state index is 12.0. The van der Waals surface area contributed by atoms with E-state index in [9.17, 15) is 20.1 Å². The summed E-state index contributed by atoms with van der Waals surface area (Å²) in [5, 5.41) is 30.3. The smallest absolute Gasteiger partial charge is 0.305 e. The highest BCUT2D eigenvalue weighted by molar-refractivity contribution is 6.42. The third kappa shape index (κ3) is 7.84. The first-order chi connectivity index (χ1) is 18.7. The number of aromatic nitrogens is 1. The van der Waals surface area contributed by atoms with Crippen LogP contribution in [-0.4, -0.2) is 43.9 Å².